The molecule has 0 heterocycles. The third kappa shape index (κ3) is 7.45. The summed E-state index contributed by atoms with van der Waals surface area (Å²) < 4.78 is 42.1. The van der Waals surface area contributed by atoms with Gasteiger partial charge in [-0.25, -0.2) is 22.3 Å². The number of hydrogen-bond acceptors (Lipinski definition) is 4. The molecule has 206 valence electrons. The van der Waals surface area contributed by atoms with Crippen molar-refractivity contribution in [3.05, 3.63) is 124 Å². The maximum absolute atomic E-state index is 14.8. The molecule has 0 spiro atoms. The number of carboxylic acids is 1. The molecular formula is C29H23Cl2FN2O5S. The largest absolute Gasteiger partial charge is 0.480 e. The summed E-state index contributed by atoms with van der Waals surface area (Å²) >= 11 is 11.7. The van der Waals surface area contributed by atoms with Crippen LogP contribution in [0, 0.1) is 5.82 Å². The first kappa shape index (κ1) is 29.2. The van der Waals surface area contributed by atoms with Crippen LogP contribution in [0.25, 0.3) is 11.1 Å². The molecule has 0 fully saturated rings. The Labute approximate surface area is 240 Å². The first-order chi connectivity index (χ1) is 19.0. The van der Waals surface area contributed by atoms with E-state index in [4.69, 9.17) is 23.2 Å². The predicted octanol–water partition coefficient (Wildman–Crippen LogP) is 5.70. The van der Waals surface area contributed by atoms with Crippen LogP contribution in [0.2, 0.25) is 10.0 Å². The van der Waals surface area contributed by atoms with E-state index in [9.17, 15) is 27.5 Å². The van der Waals surface area contributed by atoms with Crippen LogP contribution in [-0.2, 0) is 27.8 Å². The average molecular weight is 601 g/mol. The fourth-order valence-electron chi connectivity index (χ4n) is 3.91. The number of carbonyl (C=O) groups excluding carboxylic acids is 1. The molecule has 3 N–H and O–H groups in total. The summed E-state index contributed by atoms with van der Waals surface area (Å²) in [6.07, 6.45) is 0.0198. The second kappa shape index (κ2) is 12.6. The highest BCUT2D eigenvalue weighted by Gasteiger charge is 2.22. The van der Waals surface area contributed by atoms with Gasteiger partial charge in [-0.3, -0.25) is 4.79 Å². The SMILES string of the molecule is O=C(N[C@@H](Cc1ccc(-c2ccccc2)cc1)C(=O)O)c1ccc(CNS(=O)(=O)c2cc(Cl)cc(Cl)c2)c(F)c1. The van der Waals surface area contributed by atoms with Crippen LogP contribution in [0.15, 0.2) is 95.9 Å². The van der Waals surface area contributed by atoms with E-state index in [2.05, 4.69) is 10.0 Å². The van der Waals surface area contributed by atoms with E-state index in [1.54, 1.807) is 12.1 Å². The number of aliphatic carboxylic acids is 1. The van der Waals surface area contributed by atoms with Crippen molar-refractivity contribution in [2.75, 3.05) is 0 Å². The molecule has 11 heteroatoms. The number of rotatable bonds is 10. The second-order valence-corrected chi connectivity index (χ2v) is 11.5. The van der Waals surface area contributed by atoms with Crippen molar-refractivity contribution < 1.29 is 27.5 Å². The molecule has 0 aliphatic heterocycles. The molecule has 7 nitrogen and oxygen atoms in total. The summed E-state index contributed by atoms with van der Waals surface area (Å²) in [5.41, 5.74) is 2.54. The Morgan fingerprint density at radius 2 is 1.48 bits per heavy atom. The number of carboxylic acid groups (broad SMARTS) is 1. The number of carbonyl (C=O) groups is 2. The molecule has 4 aromatic rings. The molecule has 0 saturated heterocycles. The fourth-order valence-corrected chi connectivity index (χ4v) is 5.64. The standard InChI is InChI=1S/C29H23Cl2FN2O5S/c30-23-14-24(31)16-25(15-23)40(38,39)33-17-22-11-10-21(13-26(22)32)28(35)34-27(29(36)37)12-18-6-8-20(9-7-18)19-4-2-1-3-5-19/h1-11,13-16,27,33H,12,17H2,(H,34,35)(H,36,37)/t27-/m0/s1. The average Bonchev–Trinajstić information content (AvgIpc) is 2.92. The third-order valence-corrected chi connectivity index (χ3v) is 7.84. The zero-order chi connectivity index (χ0) is 28.9. The van der Waals surface area contributed by atoms with Crippen LogP contribution in [0.3, 0.4) is 0 Å². The van der Waals surface area contributed by atoms with E-state index in [0.29, 0.717) is 5.56 Å². The van der Waals surface area contributed by atoms with Gasteiger partial charge in [0.2, 0.25) is 10.0 Å². The van der Waals surface area contributed by atoms with Crippen molar-refractivity contribution in [2.24, 2.45) is 0 Å². The lowest BCUT2D eigenvalue weighted by molar-refractivity contribution is -0.139. The van der Waals surface area contributed by atoms with Crippen LogP contribution in [-0.4, -0.2) is 31.4 Å². The van der Waals surface area contributed by atoms with Gasteiger partial charge in [0.25, 0.3) is 5.91 Å². The maximum atomic E-state index is 14.8. The Bertz CT molecular complexity index is 1630. The minimum absolute atomic E-state index is 0.0198. The molecule has 1 amide bonds. The quantitative estimate of drug-likeness (QED) is 0.216. The Morgan fingerprint density at radius 3 is 2.08 bits per heavy atom. The van der Waals surface area contributed by atoms with Gasteiger partial charge in [0, 0.05) is 34.1 Å². The van der Waals surface area contributed by atoms with Gasteiger partial charge in [-0.2, -0.15) is 0 Å². The van der Waals surface area contributed by atoms with Crippen LogP contribution in [0.4, 0.5) is 4.39 Å². The molecule has 0 aromatic heterocycles. The lowest BCUT2D eigenvalue weighted by Gasteiger charge is -2.15. The zero-order valence-electron chi connectivity index (χ0n) is 20.8. The first-order valence-electron chi connectivity index (χ1n) is 11.9. The van der Waals surface area contributed by atoms with Crippen molar-refractivity contribution in [1.29, 1.82) is 0 Å². The minimum atomic E-state index is -4.05. The smallest absolute Gasteiger partial charge is 0.326 e. The molecule has 4 rings (SSSR count). The molecule has 0 aliphatic rings. The van der Waals surface area contributed by atoms with E-state index in [0.717, 1.165) is 17.2 Å². The normalized spacial score (nSPS) is 12.1. The Kier molecular flexibility index (Phi) is 9.21. The molecule has 0 radical (unpaired) electrons. The topological polar surface area (TPSA) is 113 Å². The Morgan fingerprint density at radius 1 is 0.850 bits per heavy atom. The number of hydrogen-bond donors (Lipinski definition) is 3. The zero-order valence-corrected chi connectivity index (χ0v) is 23.1. The highest BCUT2D eigenvalue weighted by Crippen LogP contribution is 2.23. The Balaban J connectivity index is 1.40. The molecule has 0 saturated carbocycles. The molecule has 0 unspecified atom stereocenters. The van der Waals surface area contributed by atoms with Crippen LogP contribution >= 0.6 is 23.2 Å². The summed E-state index contributed by atoms with van der Waals surface area (Å²) in [7, 11) is -4.05. The van der Waals surface area contributed by atoms with Gasteiger partial charge in [0.1, 0.15) is 11.9 Å². The molecule has 0 aliphatic carbocycles. The highest BCUT2D eigenvalue weighted by atomic mass is 35.5. The van der Waals surface area contributed by atoms with Gasteiger partial charge in [0.05, 0.1) is 4.90 Å². The number of nitrogens with one attached hydrogen (secondary N) is 2. The van der Waals surface area contributed by atoms with Gasteiger partial charge in [-0.15, -0.1) is 0 Å². The van der Waals surface area contributed by atoms with Crippen molar-refractivity contribution in [3.8, 4) is 11.1 Å². The molecule has 40 heavy (non-hydrogen) atoms. The van der Waals surface area contributed by atoms with E-state index in [1.165, 1.54) is 30.3 Å². The lowest BCUT2D eigenvalue weighted by atomic mass is 10.0. The molecular weight excluding hydrogens is 578 g/mol. The van der Waals surface area contributed by atoms with Crippen LogP contribution < -0.4 is 10.0 Å². The summed E-state index contributed by atoms with van der Waals surface area (Å²) in [5.74, 6) is -2.87. The monoisotopic (exact) mass is 600 g/mol. The van der Waals surface area contributed by atoms with E-state index >= 15 is 0 Å². The van der Waals surface area contributed by atoms with Crippen molar-refractivity contribution in [1.82, 2.24) is 10.0 Å². The summed E-state index contributed by atoms with van der Waals surface area (Å²) in [6, 6.07) is 23.0. The number of benzene rings is 4. The van der Waals surface area contributed by atoms with Gasteiger partial charge < -0.3 is 10.4 Å². The Hall–Kier alpha value is -3.76. The molecule has 4 aromatic carbocycles. The predicted molar refractivity (Wildman–Crippen MR) is 151 cm³/mol. The van der Waals surface area contributed by atoms with E-state index in [-0.39, 0.29) is 32.5 Å². The number of amides is 1. The van der Waals surface area contributed by atoms with E-state index < -0.39 is 40.3 Å². The van der Waals surface area contributed by atoms with Gasteiger partial charge in [-0.1, -0.05) is 83.9 Å². The fraction of sp³-hybridized carbons (Fsp3) is 0.103. The van der Waals surface area contributed by atoms with Crippen LogP contribution in [0.5, 0.6) is 0 Å². The van der Waals surface area contributed by atoms with Crippen LogP contribution in [0.1, 0.15) is 21.5 Å². The third-order valence-electron chi connectivity index (χ3n) is 6.02. The molecule has 0 bridgehead atoms. The lowest BCUT2D eigenvalue weighted by Crippen LogP contribution is -2.42. The minimum Gasteiger partial charge on any atom is -0.480 e. The van der Waals surface area contributed by atoms with E-state index in [1.807, 2.05) is 42.5 Å². The molecule has 1 atom stereocenters. The second-order valence-electron chi connectivity index (χ2n) is 8.87. The summed E-state index contributed by atoms with van der Waals surface area (Å²) in [6.45, 7) is -0.406. The number of halogens is 3. The van der Waals surface area contributed by atoms with Gasteiger partial charge in [-0.05, 0) is 47.0 Å². The highest BCUT2D eigenvalue weighted by molar-refractivity contribution is 7.89. The summed E-state index contributed by atoms with van der Waals surface area (Å²) in [5, 5.41) is 12.3. The van der Waals surface area contributed by atoms with Crippen molar-refractivity contribution >= 4 is 45.1 Å². The van der Waals surface area contributed by atoms with Gasteiger partial charge in [0.15, 0.2) is 0 Å². The maximum Gasteiger partial charge on any atom is 0.326 e. The number of sulfonamides is 1. The van der Waals surface area contributed by atoms with Gasteiger partial charge >= 0.3 is 5.97 Å². The van der Waals surface area contributed by atoms with Crippen molar-refractivity contribution in [2.45, 2.75) is 23.9 Å². The van der Waals surface area contributed by atoms with Crippen molar-refractivity contribution in [3.63, 3.8) is 0 Å². The first-order valence-corrected chi connectivity index (χ1v) is 14.2. The summed E-state index contributed by atoms with van der Waals surface area (Å²) in [4.78, 5) is 24.4.